The molecule has 0 aromatic rings. The number of urea groups is 1. The van der Waals surface area contributed by atoms with Crippen LogP contribution in [0.1, 0.15) is 0 Å². The van der Waals surface area contributed by atoms with Crippen LogP contribution in [0.25, 0.3) is 0 Å². The Morgan fingerprint density at radius 1 is 1.50 bits per heavy atom. The minimum atomic E-state index is -0.833. The Morgan fingerprint density at radius 2 is 1.50 bits per heavy atom. The Hall–Kier alpha value is -1.24. The maximum Gasteiger partial charge on any atom is 0.309 e. The lowest BCUT2D eigenvalue weighted by Gasteiger charge is -1.62. The number of carbonyl (C=O) groups is 1. The second-order valence-electron chi connectivity index (χ2n) is 0.402. The summed E-state index contributed by atoms with van der Waals surface area (Å²) < 4.78 is 0. The fourth-order valence-electron chi connectivity index (χ4n) is 0. The van der Waals surface area contributed by atoms with Crippen LogP contribution in [-0.4, -0.2) is 6.03 Å². The molecule has 0 unspecified atom stereocenters. The number of hydrogen-bond acceptors (Lipinski definition) is 2. The van der Waals surface area contributed by atoms with E-state index in [1.807, 2.05) is 0 Å². The molecule has 0 atom stereocenters. The molecule has 0 aromatic heterocycles. The highest BCUT2D eigenvalue weighted by Crippen LogP contribution is 1.25. The third kappa shape index (κ3) is 5.56. The zero-order valence-electron chi connectivity index (χ0n) is 3.01. The normalized spacial score (nSPS) is 4.33. The quantitative estimate of drug-likeness (QED) is 0.374. The molecule has 4 N–H and O–H groups in total. The molecule has 0 aliphatic heterocycles. The summed E-state index contributed by atoms with van der Waals surface area (Å²) in [4.78, 5) is 9.00. The lowest BCUT2D eigenvalue weighted by atomic mass is 11.2. The molecule has 4 heteroatoms. The summed E-state index contributed by atoms with van der Waals surface area (Å²) in [5.74, 6) is 0. The number of rotatable bonds is 0. The van der Waals surface area contributed by atoms with Crippen LogP contribution < -0.4 is 11.5 Å². The second kappa shape index (κ2) is 9.25. The highest BCUT2D eigenvalue weighted by molar-refractivity contribution is 5.69. The van der Waals surface area contributed by atoms with E-state index in [1.165, 1.54) is 0 Å². The average molecular weight is 86.1 g/mol. The maximum absolute atomic E-state index is 9.00. The van der Waals surface area contributed by atoms with E-state index in [0.29, 0.717) is 0 Å². The predicted molar refractivity (Wildman–Crippen MR) is 18.7 cm³/mol. The molecule has 0 radical (unpaired) electrons. The summed E-state index contributed by atoms with van der Waals surface area (Å²) in [6.45, 7) is 4.75. The van der Waals surface area contributed by atoms with Gasteiger partial charge < -0.3 is 23.3 Å². The molecule has 0 bridgehead atoms. The fourth-order valence-corrected chi connectivity index (χ4v) is 0. The van der Waals surface area contributed by atoms with Gasteiger partial charge >= 0.3 is 6.03 Å². The largest absolute Gasteiger partial charge is 0.512 e. The van der Waals surface area contributed by atoms with Gasteiger partial charge in [-0.2, -0.15) is 0 Å². The first kappa shape index (κ1) is 8.83. The third-order valence-corrected chi connectivity index (χ3v) is 0. The van der Waals surface area contributed by atoms with E-state index in [1.54, 1.807) is 0 Å². The van der Waals surface area contributed by atoms with Crippen molar-refractivity contribution in [3.63, 3.8) is 0 Å². The van der Waals surface area contributed by atoms with Gasteiger partial charge in [0.15, 0.2) is 0 Å². The molecule has 0 saturated heterocycles. The molecular formula is C2H4N3O-. The van der Waals surface area contributed by atoms with Crippen molar-refractivity contribution in [2.45, 2.75) is 0 Å². The highest BCUT2D eigenvalue weighted by atomic mass is 16.2. The molecule has 0 saturated carbocycles. The van der Waals surface area contributed by atoms with Crippen LogP contribution in [-0.2, 0) is 0 Å². The van der Waals surface area contributed by atoms with E-state index in [4.69, 9.17) is 16.6 Å². The predicted octanol–water partition coefficient (Wildman–Crippen LogP) is -0.880. The minimum Gasteiger partial charge on any atom is -0.512 e. The number of primary amides is 2. The van der Waals surface area contributed by atoms with Crippen LogP contribution in [0.2, 0.25) is 0 Å². The van der Waals surface area contributed by atoms with Crippen LogP contribution in [0.15, 0.2) is 0 Å². The second-order valence-corrected chi connectivity index (χ2v) is 0.402. The summed E-state index contributed by atoms with van der Waals surface area (Å²) >= 11 is 0. The first-order valence-electron chi connectivity index (χ1n) is 1.01. The first-order chi connectivity index (χ1) is 2.73. The number of amides is 2. The molecule has 4 nitrogen and oxygen atoms in total. The number of nitrogens with two attached hydrogens (primary N) is 2. The summed E-state index contributed by atoms with van der Waals surface area (Å²) in [5.41, 5.74) is 8.50. The lowest BCUT2D eigenvalue weighted by Crippen LogP contribution is -2.18. The van der Waals surface area contributed by atoms with Crippen molar-refractivity contribution in [3.8, 4) is 0 Å². The molecule has 0 rings (SSSR count). The molecule has 0 fully saturated rings. The Labute approximate surface area is 35.3 Å². The van der Waals surface area contributed by atoms with E-state index in [0.717, 1.165) is 0 Å². The maximum atomic E-state index is 9.00. The third-order valence-electron chi connectivity index (χ3n) is 0. The Morgan fingerprint density at radius 3 is 1.50 bits per heavy atom. The van der Waals surface area contributed by atoms with E-state index >= 15 is 0 Å². The van der Waals surface area contributed by atoms with Gasteiger partial charge in [0.1, 0.15) is 0 Å². The van der Waals surface area contributed by atoms with Gasteiger partial charge in [0.05, 0.1) is 0 Å². The first-order valence-corrected chi connectivity index (χ1v) is 1.01. The van der Waals surface area contributed by atoms with Crippen molar-refractivity contribution in [1.82, 2.24) is 0 Å². The van der Waals surface area contributed by atoms with E-state index in [2.05, 4.69) is 11.5 Å². The van der Waals surface area contributed by atoms with Gasteiger partial charge in [-0.3, -0.25) is 0 Å². The molecule has 0 aliphatic carbocycles. The zero-order chi connectivity index (χ0) is 5.58. The van der Waals surface area contributed by atoms with Gasteiger partial charge in [-0.25, -0.2) is 4.79 Å². The van der Waals surface area contributed by atoms with Crippen molar-refractivity contribution in [1.29, 1.82) is 5.26 Å². The van der Waals surface area contributed by atoms with Crippen molar-refractivity contribution >= 4 is 6.03 Å². The SMILES string of the molecule is NC(N)=O.[C-]#N. The van der Waals surface area contributed by atoms with Crippen LogP contribution in [0.4, 0.5) is 4.79 Å². The summed E-state index contributed by atoms with van der Waals surface area (Å²) in [6.07, 6.45) is 0. The number of nitrogens with zero attached hydrogens (tertiary/aromatic N) is 1. The standard InChI is InChI=1S/CH4N2O.CN/c2-1(3)4;1-2/h(H4,2,3,4);/q;-1. The van der Waals surface area contributed by atoms with Gasteiger partial charge in [-0.1, -0.05) is 0 Å². The average Bonchev–Trinajstić information content (AvgIpc) is 1.41. The van der Waals surface area contributed by atoms with Gasteiger partial charge in [0, 0.05) is 0 Å². The minimum absolute atomic E-state index is 0.833. The highest BCUT2D eigenvalue weighted by Gasteiger charge is 1.60. The number of carbonyl (C=O) groups excluding carboxylic acids is 1. The molecule has 0 spiro atoms. The van der Waals surface area contributed by atoms with Crippen molar-refractivity contribution in [3.05, 3.63) is 6.57 Å². The Kier molecular flexibility index (Phi) is 13.6. The monoisotopic (exact) mass is 86.0 g/mol. The summed E-state index contributed by atoms with van der Waals surface area (Å²) in [6, 6.07) is -0.833. The molecular weight excluding hydrogens is 82.0 g/mol. The van der Waals surface area contributed by atoms with Crippen molar-refractivity contribution in [2.75, 3.05) is 0 Å². The number of hydrogen-bond donors (Lipinski definition) is 2. The van der Waals surface area contributed by atoms with E-state index in [9.17, 15) is 0 Å². The summed E-state index contributed by atoms with van der Waals surface area (Å²) in [7, 11) is 0. The van der Waals surface area contributed by atoms with Gasteiger partial charge in [-0.05, 0) is 0 Å². The van der Waals surface area contributed by atoms with Gasteiger partial charge in [0.25, 0.3) is 0 Å². The molecule has 0 heterocycles. The van der Waals surface area contributed by atoms with Gasteiger partial charge in [0.2, 0.25) is 0 Å². The van der Waals surface area contributed by atoms with Crippen LogP contribution in [0, 0.1) is 11.8 Å². The smallest absolute Gasteiger partial charge is 0.309 e. The topological polar surface area (TPSA) is 92.9 Å². The van der Waals surface area contributed by atoms with E-state index < -0.39 is 6.03 Å². The molecule has 2 amide bonds. The van der Waals surface area contributed by atoms with Crippen LogP contribution >= 0.6 is 0 Å². The van der Waals surface area contributed by atoms with Crippen LogP contribution in [0.3, 0.4) is 0 Å². The molecule has 34 valence electrons. The summed E-state index contributed by atoms with van der Waals surface area (Å²) in [5, 5.41) is 6.25. The fraction of sp³-hybridized carbons (Fsp3) is 0. The molecule has 0 aliphatic rings. The molecule has 6 heavy (non-hydrogen) atoms. The van der Waals surface area contributed by atoms with Gasteiger partial charge in [-0.15, -0.1) is 0 Å². The molecule has 0 aromatic carbocycles. The zero-order valence-corrected chi connectivity index (χ0v) is 3.01. The van der Waals surface area contributed by atoms with Crippen molar-refractivity contribution < 1.29 is 4.79 Å². The Bertz CT molecular complexity index is 53.1. The van der Waals surface area contributed by atoms with Crippen LogP contribution in [0.5, 0.6) is 0 Å². The van der Waals surface area contributed by atoms with Crippen molar-refractivity contribution in [2.24, 2.45) is 11.5 Å². The Balaban J connectivity index is 0. The van der Waals surface area contributed by atoms with E-state index in [-0.39, 0.29) is 0 Å². The lowest BCUT2D eigenvalue weighted by molar-refractivity contribution is 0.256.